The highest BCUT2D eigenvalue weighted by Crippen LogP contribution is 2.21. The summed E-state index contributed by atoms with van der Waals surface area (Å²) < 4.78 is 19.4. The third kappa shape index (κ3) is 3.37. The first-order valence-electron chi connectivity index (χ1n) is 7.60. The minimum Gasteiger partial charge on any atom is -0.366 e. The molecule has 0 spiro atoms. The second-order valence-corrected chi connectivity index (χ2v) is 5.36. The molecule has 23 heavy (non-hydrogen) atoms. The predicted octanol–water partition coefficient (Wildman–Crippen LogP) is 1.50. The fourth-order valence-corrected chi connectivity index (χ4v) is 2.51. The zero-order valence-electron chi connectivity index (χ0n) is 12.8. The van der Waals surface area contributed by atoms with Crippen LogP contribution in [-0.2, 0) is 11.2 Å². The molecule has 1 aliphatic rings. The van der Waals surface area contributed by atoms with Crippen LogP contribution in [-0.4, -0.2) is 50.7 Å². The smallest absolute Gasteiger partial charge is 0.257 e. The Hall–Kier alpha value is -2.35. The normalized spacial score (nSPS) is 18.2. The van der Waals surface area contributed by atoms with Crippen molar-refractivity contribution in [1.82, 2.24) is 25.1 Å². The van der Waals surface area contributed by atoms with E-state index in [1.807, 2.05) is 0 Å². The first-order chi connectivity index (χ1) is 11.2. The number of aromatic amines is 1. The van der Waals surface area contributed by atoms with E-state index in [0.717, 1.165) is 24.9 Å². The van der Waals surface area contributed by atoms with E-state index < -0.39 is 11.9 Å². The number of carbonyl (C=O) groups is 1. The molecule has 0 aliphatic carbocycles. The molecule has 3 rings (SSSR count). The van der Waals surface area contributed by atoms with Crippen LogP contribution in [0.2, 0.25) is 0 Å². The Morgan fingerprint density at radius 3 is 3.22 bits per heavy atom. The summed E-state index contributed by atoms with van der Waals surface area (Å²) in [6, 6.07) is 1.38. The van der Waals surface area contributed by atoms with E-state index in [4.69, 9.17) is 4.74 Å². The number of carbonyl (C=O) groups excluding carboxylic acids is 1. The van der Waals surface area contributed by atoms with Crippen LogP contribution in [0, 0.1) is 5.82 Å². The van der Waals surface area contributed by atoms with Crippen molar-refractivity contribution < 1.29 is 13.9 Å². The minimum absolute atomic E-state index is 0.0160. The fraction of sp³-hybridized carbons (Fsp3) is 0.467. The predicted molar refractivity (Wildman–Crippen MR) is 79.2 cm³/mol. The van der Waals surface area contributed by atoms with Crippen molar-refractivity contribution in [1.29, 1.82) is 0 Å². The minimum atomic E-state index is -0.622. The van der Waals surface area contributed by atoms with Crippen LogP contribution in [0.25, 0.3) is 0 Å². The van der Waals surface area contributed by atoms with Crippen molar-refractivity contribution in [2.24, 2.45) is 0 Å². The van der Waals surface area contributed by atoms with Crippen LogP contribution in [0.5, 0.6) is 0 Å². The van der Waals surface area contributed by atoms with Gasteiger partial charge in [-0.25, -0.2) is 9.37 Å². The number of ether oxygens (including phenoxy) is 1. The van der Waals surface area contributed by atoms with E-state index in [2.05, 4.69) is 27.1 Å². The number of aryl methyl sites for hydroxylation is 1. The number of amides is 1. The summed E-state index contributed by atoms with van der Waals surface area (Å²) >= 11 is 0. The Labute approximate surface area is 132 Å². The summed E-state index contributed by atoms with van der Waals surface area (Å²) in [5.41, 5.74) is 0.0160. The van der Waals surface area contributed by atoms with Gasteiger partial charge in [-0.2, -0.15) is 5.10 Å². The molecule has 2 aromatic rings. The molecule has 8 heteroatoms. The summed E-state index contributed by atoms with van der Waals surface area (Å²) in [6.07, 6.45) is 3.81. The molecule has 1 amide bonds. The summed E-state index contributed by atoms with van der Waals surface area (Å²) in [6.45, 7) is 3.12. The van der Waals surface area contributed by atoms with Crippen molar-refractivity contribution in [3.8, 4) is 0 Å². The Morgan fingerprint density at radius 2 is 2.43 bits per heavy atom. The number of halogens is 1. The van der Waals surface area contributed by atoms with Crippen LogP contribution < -0.4 is 0 Å². The maximum atomic E-state index is 13.7. The molecule has 1 atom stereocenters. The molecule has 122 valence electrons. The lowest BCUT2D eigenvalue weighted by Crippen LogP contribution is -2.42. The van der Waals surface area contributed by atoms with Gasteiger partial charge in [0.05, 0.1) is 24.9 Å². The van der Waals surface area contributed by atoms with Gasteiger partial charge in [-0.3, -0.25) is 14.9 Å². The van der Waals surface area contributed by atoms with Crippen molar-refractivity contribution in [2.45, 2.75) is 25.9 Å². The number of hydrogen-bond donors (Lipinski definition) is 1. The van der Waals surface area contributed by atoms with Crippen molar-refractivity contribution >= 4 is 5.91 Å². The number of nitrogens with one attached hydrogen (secondary N) is 1. The molecule has 3 heterocycles. The molecule has 1 fully saturated rings. The van der Waals surface area contributed by atoms with Gasteiger partial charge in [-0.15, -0.1) is 0 Å². The van der Waals surface area contributed by atoms with E-state index in [1.54, 1.807) is 4.90 Å². The van der Waals surface area contributed by atoms with Gasteiger partial charge in [0.1, 0.15) is 11.9 Å². The van der Waals surface area contributed by atoms with Crippen LogP contribution in [0.3, 0.4) is 0 Å². The van der Waals surface area contributed by atoms with Gasteiger partial charge in [0.25, 0.3) is 5.91 Å². The molecule has 0 aromatic carbocycles. The van der Waals surface area contributed by atoms with Crippen LogP contribution in [0.1, 0.15) is 41.5 Å². The van der Waals surface area contributed by atoms with Gasteiger partial charge in [0.15, 0.2) is 11.6 Å². The third-order valence-corrected chi connectivity index (χ3v) is 3.68. The second-order valence-electron chi connectivity index (χ2n) is 5.36. The Kier molecular flexibility index (Phi) is 4.61. The first-order valence-corrected chi connectivity index (χ1v) is 7.60. The van der Waals surface area contributed by atoms with Gasteiger partial charge >= 0.3 is 0 Å². The maximum absolute atomic E-state index is 13.7. The van der Waals surface area contributed by atoms with Gasteiger partial charge in [-0.1, -0.05) is 6.92 Å². The van der Waals surface area contributed by atoms with E-state index in [1.165, 1.54) is 12.3 Å². The van der Waals surface area contributed by atoms with E-state index in [9.17, 15) is 9.18 Å². The molecule has 1 N–H and O–H groups in total. The number of rotatable bonds is 4. The molecular weight excluding hydrogens is 301 g/mol. The van der Waals surface area contributed by atoms with Gasteiger partial charge in [-0.05, 0) is 12.5 Å². The molecule has 7 nitrogen and oxygen atoms in total. The van der Waals surface area contributed by atoms with E-state index in [-0.39, 0.29) is 11.5 Å². The molecule has 0 unspecified atom stereocenters. The number of hydrogen-bond acceptors (Lipinski definition) is 5. The lowest BCUT2D eigenvalue weighted by Gasteiger charge is -2.31. The molecule has 0 radical (unpaired) electrons. The number of morpholine rings is 1. The average molecular weight is 319 g/mol. The summed E-state index contributed by atoms with van der Waals surface area (Å²) in [7, 11) is 0. The van der Waals surface area contributed by atoms with E-state index in [0.29, 0.717) is 25.5 Å². The average Bonchev–Trinajstić information content (AvgIpc) is 3.04. The molecule has 0 bridgehead atoms. The van der Waals surface area contributed by atoms with Crippen LogP contribution in [0.4, 0.5) is 4.39 Å². The number of pyridine rings is 1. The molecule has 1 aliphatic heterocycles. The Morgan fingerprint density at radius 1 is 1.57 bits per heavy atom. The molecule has 0 saturated carbocycles. The summed E-state index contributed by atoms with van der Waals surface area (Å²) in [5.74, 6) is 0.335. The van der Waals surface area contributed by atoms with Crippen LogP contribution >= 0.6 is 0 Å². The van der Waals surface area contributed by atoms with Gasteiger partial charge in [0, 0.05) is 19.2 Å². The Bertz CT molecular complexity index is 690. The fourth-order valence-electron chi connectivity index (χ4n) is 2.51. The summed E-state index contributed by atoms with van der Waals surface area (Å²) in [5, 5.41) is 7.04. The van der Waals surface area contributed by atoms with E-state index >= 15 is 0 Å². The monoisotopic (exact) mass is 319 g/mol. The largest absolute Gasteiger partial charge is 0.366 e. The SMILES string of the molecule is CCCc1nc([C@H]2CN(C(=O)c3ccncc3F)CCO2)n[nH]1. The molecule has 2 aromatic heterocycles. The zero-order valence-corrected chi connectivity index (χ0v) is 12.8. The lowest BCUT2D eigenvalue weighted by molar-refractivity contribution is -0.0268. The molecule has 1 saturated heterocycles. The third-order valence-electron chi connectivity index (χ3n) is 3.68. The lowest BCUT2D eigenvalue weighted by atomic mass is 10.2. The topological polar surface area (TPSA) is 84.0 Å². The second kappa shape index (κ2) is 6.82. The number of H-pyrrole nitrogens is 1. The van der Waals surface area contributed by atoms with Crippen molar-refractivity contribution in [3.05, 3.63) is 41.5 Å². The van der Waals surface area contributed by atoms with Gasteiger partial charge in [0.2, 0.25) is 0 Å². The highest BCUT2D eigenvalue weighted by atomic mass is 19.1. The highest BCUT2D eigenvalue weighted by Gasteiger charge is 2.29. The van der Waals surface area contributed by atoms with Gasteiger partial charge < -0.3 is 9.64 Å². The first kappa shape index (κ1) is 15.5. The number of nitrogens with zero attached hydrogens (tertiary/aromatic N) is 4. The van der Waals surface area contributed by atoms with Crippen LogP contribution in [0.15, 0.2) is 18.5 Å². The quantitative estimate of drug-likeness (QED) is 0.923. The number of aromatic nitrogens is 4. The highest BCUT2D eigenvalue weighted by molar-refractivity contribution is 5.94. The maximum Gasteiger partial charge on any atom is 0.257 e. The van der Waals surface area contributed by atoms with Crippen molar-refractivity contribution in [3.63, 3.8) is 0 Å². The summed E-state index contributed by atoms with van der Waals surface area (Å²) in [4.78, 5) is 22.1. The molecular formula is C15H18FN5O2. The zero-order chi connectivity index (χ0) is 16.2. The Balaban J connectivity index is 1.72. The standard InChI is InChI=1S/C15H18FN5O2/c1-2-3-13-18-14(20-19-13)12-9-21(6-7-23-12)15(22)10-4-5-17-8-11(10)16/h4-5,8,12H,2-3,6-7,9H2,1H3,(H,18,19,20)/t12-/m1/s1. The van der Waals surface area contributed by atoms with Crippen molar-refractivity contribution in [2.75, 3.05) is 19.7 Å².